The predicted molar refractivity (Wildman–Crippen MR) is 88.5 cm³/mol. The molecule has 0 aliphatic carbocycles. The lowest BCUT2D eigenvalue weighted by Gasteiger charge is -2.22. The van der Waals surface area contributed by atoms with Crippen molar-refractivity contribution in [3.63, 3.8) is 0 Å². The van der Waals surface area contributed by atoms with Crippen molar-refractivity contribution >= 4 is 50.5 Å². The summed E-state index contributed by atoms with van der Waals surface area (Å²) in [5, 5.41) is -0.164. The van der Waals surface area contributed by atoms with E-state index < -0.39 is 21.8 Å². The molecule has 0 aliphatic rings. The Hall–Kier alpha value is -1.15. The van der Waals surface area contributed by atoms with Gasteiger partial charge < -0.3 is 0 Å². The zero-order valence-corrected chi connectivity index (χ0v) is 15.0. The van der Waals surface area contributed by atoms with Crippen molar-refractivity contribution in [3.8, 4) is 0 Å². The number of alkyl halides is 3. The molecule has 0 saturated carbocycles. The summed E-state index contributed by atoms with van der Waals surface area (Å²) in [5.41, 5.74) is -1.36. The minimum absolute atomic E-state index is 0.113. The Morgan fingerprint density at radius 2 is 1.54 bits per heavy atom. The van der Waals surface area contributed by atoms with Crippen molar-refractivity contribution in [2.75, 3.05) is 11.4 Å². The smallest absolute Gasteiger partial charge is 0.268 e. The molecule has 0 radical (unpaired) electrons. The standard InChI is InChI=1S/C14H9Cl3F3NO2S/c1-21(12-6-8(14(18,19)20)2-4-10(12)16)24(22,23)13-7-9(15)3-5-11(13)17/h2-7H,1H3. The first-order chi connectivity index (χ1) is 10.9. The van der Waals surface area contributed by atoms with Gasteiger partial charge in [0, 0.05) is 12.1 Å². The van der Waals surface area contributed by atoms with Gasteiger partial charge in [0.1, 0.15) is 4.90 Å². The lowest BCUT2D eigenvalue weighted by Crippen LogP contribution is -2.27. The van der Waals surface area contributed by atoms with E-state index in [0.29, 0.717) is 10.4 Å². The quantitative estimate of drug-likeness (QED) is 0.661. The topological polar surface area (TPSA) is 37.4 Å². The Morgan fingerprint density at radius 3 is 2.12 bits per heavy atom. The summed E-state index contributed by atoms with van der Waals surface area (Å²) in [6.45, 7) is 0. The number of nitrogens with zero attached hydrogens (tertiary/aromatic N) is 1. The third-order valence-corrected chi connectivity index (χ3v) is 5.95. The van der Waals surface area contributed by atoms with Crippen LogP contribution in [0.4, 0.5) is 18.9 Å². The van der Waals surface area contributed by atoms with Crippen LogP contribution in [0.5, 0.6) is 0 Å². The number of sulfonamides is 1. The van der Waals surface area contributed by atoms with Crippen LogP contribution in [0.3, 0.4) is 0 Å². The molecule has 0 N–H and O–H groups in total. The van der Waals surface area contributed by atoms with Gasteiger partial charge in [-0.25, -0.2) is 8.42 Å². The third-order valence-electron chi connectivity index (χ3n) is 3.14. The van der Waals surface area contributed by atoms with E-state index in [1.807, 2.05) is 0 Å². The van der Waals surface area contributed by atoms with Gasteiger partial charge in [0.05, 0.1) is 21.3 Å². The van der Waals surface area contributed by atoms with Crippen molar-refractivity contribution in [1.82, 2.24) is 0 Å². The average molecular weight is 419 g/mol. The van der Waals surface area contributed by atoms with E-state index in [1.54, 1.807) is 0 Å². The van der Waals surface area contributed by atoms with Gasteiger partial charge in [0.15, 0.2) is 0 Å². The molecular weight excluding hydrogens is 410 g/mol. The van der Waals surface area contributed by atoms with E-state index in [2.05, 4.69) is 0 Å². The summed E-state index contributed by atoms with van der Waals surface area (Å²) in [5.74, 6) is 0. The SMILES string of the molecule is CN(c1cc(C(F)(F)F)ccc1Cl)S(=O)(=O)c1cc(Cl)ccc1Cl. The van der Waals surface area contributed by atoms with E-state index in [9.17, 15) is 21.6 Å². The van der Waals surface area contributed by atoms with Crippen LogP contribution in [0.1, 0.15) is 5.56 Å². The monoisotopic (exact) mass is 417 g/mol. The summed E-state index contributed by atoms with van der Waals surface area (Å²) in [7, 11) is -3.19. The average Bonchev–Trinajstić information content (AvgIpc) is 2.48. The number of benzene rings is 2. The zero-order valence-electron chi connectivity index (χ0n) is 11.9. The number of hydrogen-bond donors (Lipinski definition) is 0. The molecule has 2 rings (SSSR count). The molecule has 0 saturated heterocycles. The van der Waals surface area contributed by atoms with Gasteiger partial charge in [-0.05, 0) is 36.4 Å². The van der Waals surface area contributed by atoms with Crippen molar-refractivity contribution < 1.29 is 21.6 Å². The molecule has 2 aromatic rings. The highest BCUT2D eigenvalue weighted by atomic mass is 35.5. The van der Waals surface area contributed by atoms with Gasteiger partial charge in [0.25, 0.3) is 10.0 Å². The molecule has 0 bridgehead atoms. The molecule has 130 valence electrons. The lowest BCUT2D eigenvalue weighted by atomic mass is 10.2. The molecule has 0 amide bonds. The Bertz CT molecular complexity index is 885. The van der Waals surface area contributed by atoms with Crippen LogP contribution in [0, 0.1) is 0 Å². The molecule has 0 aromatic heterocycles. The molecule has 0 heterocycles. The van der Waals surface area contributed by atoms with Crippen LogP contribution in [0.15, 0.2) is 41.3 Å². The first-order valence-corrected chi connectivity index (χ1v) is 8.82. The molecule has 0 spiro atoms. The van der Waals surface area contributed by atoms with Crippen LogP contribution < -0.4 is 4.31 Å². The van der Waals surface area contributed by atoms with Crippen molar-refractivity contribution in [2.45, 2.75) is 11.1 Å². The van der Waals surface area contributed by atoms with Gasteiger partial charge in [-0.2, -0.15) is 13.2 Å². The van der Waals surface area contributed by atoms with Crippen LogP contribution in [-0.4, -0.2) is 15.5 Å². The molecule has 3 nitrogen and oxygen atoms in total. The molecule has 0 unspecified atom stereocenters. The minimum atomic E-state index is -4.64. The van der Waals surface area contributed by atoms with Crippen LogP contribution >= 0.6 is 34.8 Å². The predicted octanol–water partition coefficient (Wildman–Crippen LogP) is 5.49. The number of anilines is 1. The largest absolute Gasteiger partial charge is 0.416 e. The maximum Gasteiger partial charge on any atom is 0.416 e. The fourth-order valence-electron chi connectivity index (χ4n) is 1.88. The normalized spacial score (nSPS) is 12.3. The van der Waals surface area contributed by atoms with Gasteiger partial charge in [-0.1, -0.05) is 34.8 Å². The van der Waals surface area contributed by atoms with E-state index in [-0.39, 0.29) is 25.7 Å². The summed E-state index contributed by atoms with van der Waals surface area (Å²) in [6.07, 6.45) is -4.64. The third kappa shape index (κ3) is 3.74. The second-order valence-corrected chi connectivity index (χ2v) is 7.90. The van der Waals surface area contributed by atoms with Crippen molar-refractivity contribution in [2.24, 2.45) is 0 Å². The van der Waals surface area contributed by atoms with E-state index in [0.717, 1.165) is 25.2 Å². The van der Waals surface area contributed by atoms with E-state index in [1.165, 1.54) is 12.1 Å². The Labute approximate surface area is 151 Å². The molecule has 2 aromatic carbocycles. The Kier molecular flexibility index (Phi) is 5.30. The summed E-state index contributed by atoms with van der Waals surface area (Å²) >= 11 is 17.5. The first kappa shape index (κ1) is 19.2. The van der Waals surface area contributed by atoms with Gasteiger partial charge in [-0.3, -0.25) is 4.31 Å². The summed E-state index contributed by atoms with van der Waals surface area (Å²) in [4.78, 5) is -0.340. The molecule has 24 heavy (non-hydrogen) atoms. The fraction of sp³-hybridized carbons (Fsp3) is 0.143. The molecule has 0 atom stereocenters. The van der Waals surface area contributed by atoms with E-state index in [4.69, 9.17) is 34.8 Å². The lowest BCUT2D eigenvalue weighted by molar-refractivity contribution is -0.137. The van der Waals surface area contributed by atoms with Crippen LogP contribution in [0.25, 0.3) is 0 Å². The highest BCUT2D eigenvalue weighted by Crippen LogP contribution is 2.37. The Balaban J connectivity index is 2.59. The second-order valence-electron chi connectivity index (χ2n) is 4.71. The Morgan fingerprint density at radius 1 is 0.958 bits per heavy atom. The van der Waals surface area contributed by atoms with Gasteiger partial charge >= 0.3 is 6.18 Å². The van der Waals surface area contributed by atoms with Crippen molar-refractivity contribution in [1.29, 1.82) is 0 Å². The van der Waals surface area contributed by atoms with Crippen LogP contribution in [-0.2, 0) is 16.2 Å². The maximum absolute atomic E-state index is 12.8. The second kappa shape index (κ2) is 6.63. The fourth-order valence-corrected chi connectivity index (χ4v) is 4.12. The van der Waals surface area contributed by atoms with Crippen molar-refractivity contribution in [3.05, 3.63) is 57.0 Å². The number of hydrogen-bond acceptors (Lipinski definition) is 2. The molecular formula is C14H9Cl3F3NO2S. The van der Waals surface area contributed by atoms with Crippen LogP contribution in [0.2, 0.25) is 15.1 Å². The maximum atomic E-state index is 12.8. The molecule has 10 heteroatoms. The number of rotatable bonds is 3. The van der Waals surface area contributed by atoms with Gasteiger partial charge in [0.2, 0.25) is 0 Å². The first-order valence-electron chi connectivity index (χ1n) is 6.25. The zero-order chi connectivity index (χ0) is 18.3. The summed E-state index contributed by atoms with van der Waals surface area (Å²) < 4.78 is 64.5. The highest BCUT2D eigenvalue weighted by Gasteiger charge is 2.33. The minimum Gasteiger partial charge on any atom is -0.268 e. The van der Waals surface area contributed by atoms with E-state index >= 15 is 0 Å². The molecule has 0 fully saturated rings. The summed E-state index contributed by atoms with van der Waals surface area (Å²) in [6, 6.07) is 6.16. The number of halogens is 6. The van der Waals surface area contributed by atoms with Gasteiger partial charge in [-0.15, -0.1) is 0 Å². The molecule has 0 aliphatic heterocycles. The highest BCUT2D eigenvalue weighted by molar-refractivity contribution is 7.93.